The number of likely N-dealkylation sites (tertiary alicyclic amines) is 1. The minimum absolute atomic E-state index is 0.0730. The van der Waals surface area contributed by atoms with E-state index in [1.54, 1.807) is 4.90 Å². The number of aryl methyl sites for hydroxylation is 1. The summed E-state index contributed by atoms with van der Waals surface area (Å²) >= 11 is 1.51. The van der Waals surface area contributed by atoms with E-state index in [4.69, 9.17) is 5.73 Å². The molecular formula is C12H17N3O2S. The van der Waals surface area contributed by atoms with E-state index in [1.807, 2.05) is 12.3 Å². The molecule has 1 aromatic rings. The van der Waals surface area contributed by atoms with Gasteiger partial charge in [-0.3, -0.25) is 9.59 Å². The molecule has 2 N–H and O–H groups in total. The Balaban J connectivity index is 1.86. The van der Waals surface area contributed by atoms with Gasteiger partial charge < -0.3 is 10.6 Å². The lowest BCUT2D eigenvalue weighted by Crippen LogP contribution is -2.42. The summed E-state index contributed by atoms with van der Waals surface area (Å²) in [4.78, 5) is 29.2. The van der Waals surface area contributed by atoms with Gasteiger partial charge in [-0.25, -0.2) is 4.98 Å². The highest BCUT2D eigenvalue weighted by molar-refractivity contribution is 7.09. The first-order valence-electron chi connectivity index (χ1n) is 6.04. The summed E-state index contributed by atoms with van der Waals surface area (Å²) in [5, 5.41) is 2.80. The van der Waals surface area contributed by atoms with Crippen LogP contribution < -0.4 is 5.73 Å². The first-order chi connectivity index (χ1) is 8.56. The average Bonchev–Trinajstić information content (AvgIpc) is 2.75. The summed E-state index contributed by atoms with van der Waals surface area (Å²) in [7, 11) is 0. The molecule has 0 atom stereocenters. The monoisotopic (exact) mass is 267 g/mol. The Morgan fingerprint density at radius 3 is 2.67 bits per heavy atom. The Morgan fingerprint density at radius 1 is 1.50 bits per heavy atom. The van der Waals surface area contributed by atoms with Gasteiger partial charge in [0.2, 0.25) is 11.8 Å². The van der Waals surface area contributed by atoms with Gasteiger partial charge in [0.15, 0.2) is 0 Å². The van der Waals surface area contributed by atoms with Crippen molar-refractivity contribution in [3.8, 4) is 0 Å². The molecule has 0 bridgehead atoms. The van der Waals surface area contributed by atoms with Gasteiger partial charge in [-0.05, 0) is 19.8 Å². The smallest absolute Gasteiger partial charge is 0.229 e. The standard InChI is InChI=1S/C12H17N3O2S/c1-8-7-18-10(14-8)6-11(16)15-4-2-9(3-5-15)12(13)17/h7,9H,2-6H2,1H3,(H2,13,17). The maximum Gasteiger partial charge on any atom is 0.229 e. The number of rotatable bonds is 3. The molecule has 0 aliphatic carbocycles. The summed E-state index contributed by atoms with van der Waals surface area (Å²) < 4.78 is 0. The van der Waals surface area contributed by atoms with Crippen LogP contribution in [0.5, 0.6) is 0 Å². The number of thiazole rings is 1. The van der Waals surface area contributed by atoms with E-state index in [0.29, 0.717) is 32.4 Å². The molecule has 0 radical (unpaired) electrons. The van der Waals surface area contributed by atoms with Gasteiger partial charge >= 0.3 is 0 Å². The van der Waals surface area contributed by atoms with Crippen LogP contribution in [0.1, 0.15) is 23.5 Å². The van der Waals surface area contributed by atoms with Crippen LogP contribution in [0.4, 0.5) is 0 Å². The number of carbonyl (C=O) groups excluding carboxylic acids is 2. The third-order valence-electron chi connectivity index (χ3n) is 3.22. The van der Waals surface area contributed by atoms with Crippen LogP contribution in [-0.4, -0.2) is 34.8 Å². The van der Waals surface area contributed by atoms with Crippen LogP contribution in [0.15, 0.2) is 5.38 Å². The fraction of sp³-hybridized carbons (Fsp3) is 0.583. The van der Waals surface area contributed by atoms with E-state index >= 15 is 0 Å². The molecule has 18 heavy (non-hydrogen) atoms. The molecular weight excluding hydrogens is 250 g/mol. The van der Waals surface area contributed by atoms with Crippen molar-refractivity contribution in [2.45, 2.75) is 26.2 Å². The first-order valence-corrected chi connectivity index (χ1v) is 6.92. The lowest BCUT2D eigenvalue weighted by atomic mass is 9.96. The van der Waals surface area contributed by atoms with Gasteiger partial charge in [-0.15, -0.1) is 11.3 Å². The SMILES string of the molecule is Cc1csc(CC(=O)N2CCC(C(N)=O)CC2)n1. The fourth-order valence-corrected chi connectivity index (χ4v) is 2.90. The van der Waals surface area contributed by atoms with E-state index in [1.165, 1.54) is 11.3 Å². The molecule has 1 aromatic heterocycles. The quantitative estimate of drug-likeness (QED) is 0.876. The maximum atomic E-state index is 12.0. The van der Waals surface area contributed by atoms with E-state index < -0.39 is 0 Å². The molecule has 1 aliphatic rings. The van der Waals surface area contributed by atoms with Gasteiger partial charge in [0.25, 0.3) is 0 Å². The number of piperidine rings is 1. The van der Waals surface area contributed by atoms with E-state index in [9.17, 15) is 9.59 Å². The molecule has 1 aliphatic heterocycles. The highest BCUT2D eigenvalue weighted by Crippen LogP contribution is 2.18. The van der Waals surface area contributed by atoms with Crippen molar-refractivity contribution in [1.29, 1.82) is 0 Å². The van der Waals surface area contributed by atoms with E-state index in [2.05, 4.69) is 4.98 Å². The summed E-state index contributed by atoms with van der Waals surface area (Å²) in [6.45, 7) is 3.16. The molecule has 2 heterocycles. The largest absolute Gasteiger partial charge is 0.369 e. The second-order valence-electron chi connectivity index (χ2n) is 4.62. The molecule has 5 nitrogen and oxygen atoms in total. The molecule has 98 valence electrons. The van der Waals surface area contributed by atoms with Crippen molar-refractivity contribution in [3.63, 3.8) is 0 Å². The second kappa shape index (κ2) is 5.48. The van der Waals surface area contributed by atoms with Crippen LogP contribution in [0.25, 0.3) is 0 Å². The highest BCUT2D eigenvalue weighted by atomic mass is 32.1. The minimum atomic E-state index is -0.252. The fourth-order valence-electron chi connectivity index (χ4n) is 2.14. The van der Waals surface area contributed by atoms with Crippen LogP contribution in [0.2, 0.25) is 0 Å². The van der Waals surface area contributed by atoms with Crippen LogP contribution in [0, 0.1) is 12.8 Å². The zero-order valence-electron chi connectivity index (χ0n) is 10.4. The van der Waals surface area contributed by atoms with Crippen molar-refractivity contribution < 1.29 is 9.59 Å². The average molecular weight is 267 g/mol. The van der Waals surface area contributed by atoms with Gasteiger partial charge in [0.05, 0.1) is 6.42 Å². The number of primary amides is 1. The number of aromatic nitrogens is 1. The summed E-state index contributed by atoms with van der Waals surface area (Å²) in [6, 6.07) is 0. The number of amides is 2. The molecule has 0 saturated carbocycles. The Hall–Kier alpha value is -1.43. The highest BCUT2D eigenvalue weighted by Gasteiger charge is 2.26. The van der Waals surface area contributed by atoms with E-state index in [0.717, 1.165) is 10.7 Å². The maximum absolute atomic E-state index is 12.0. The van der Waals surface area contributed by atoms with Crippen LogP contribution in [0.3, 0.4) is 0 Å². The third-order valence-corrected chi connectivity index (χ3v) is 4.19. The molecule has 0 spiro atoms. The number of hydrogen-bond donors (Lipinski definition) is 1. The second-order valence-corrected chi connectivity index (χ2v) is 5.56. The molecule has 6 heteroatoms. The number of nitrogens with zero attached hydrogens (tertiary/aromatic N) is 2. The Bertz CT molecular complexity index is 450. The summed E-state index contributed by atoms with van der Waals surface area (Å²) in [6.07, 6.45) is 1.72. The van der Waals surface area contributed by atoms with Gasteiger partial charge in [0, 0.05) is 30.1 Å². The summed E-state index contributed by atoms with van der Waals surface area (Å²) in [5.74, 6) is -0.235. The van der Waals surface area contributed by atoms with Crippen molar-refractivity contribution in [3.05, 3.63) is 16.1 Å². The molecule has 2 amide bonds. The summed E-state index contributed by atoms with van der Waals surface area (Å²) in [5.41, 5.74) is 6.22. The zero-order valence-corrected chi connectivity index (χ0v) is 11.2. The van der Waals surface area contributed by atoms with Gasteiger partial charge in [-0.2, -0.15) is 0 Å². The zero-order chi connectivity index (χ0) is 13.1. The van der Waals surface area contributed by atoms with Crippen LogP contribution >= 0.6 is 11.3 Å². The lowest BCUT2D eigenvalue weighted by Gasteiger charge is -2.30. The van der Waals surface area contributed by atoms with Crippen molar-refractivity contribution in [1.82, 2.24) is 9.88 Å². The number of carbonyl (C=O) groups is 2. The Morgan fingerprint density at radius 2 is 2.17 bits per heavy atom. The minimum Gasteiger partial charge on any atom is -0.369 e. The molecule has 1 fully saturated rings. The predicted molar refractivity (Wildman–Crippen MR) is 69.1 cm³/mol. The topological polar surface area (TPSA) is 76.3 Å². The van der Waals surface area contributed by atoms with Crippen molar-refractivity contribution >= 4 is 23.2 Å². The normalized spacial score (nSPS) is 16.8. The molecule has 0 aromatic carbocycles. The third kappa shape index (κ3) is 3.07. The van der Waals surface area contributed by atoms with Crippen LogP contribution in [-0.2, 0) is 16.0 Å². The number of hydrogen-bond acceptors (Lipinski definition) is 4. The predicted octanol–water partition coefficient (Wildman–Crippen LogP) is 0.718. The number of nitrogens with two attached hydrogens (primary N) is 1. The van der Waals surface area contributed by atoms with Crippen molar-refractivity contribution in [2.24, 2.45) is 11.7 Å². The van der Waals surface area contributed by atoms with Gasteiger partial charge in [0.1, 0.15) is 5.01 Å². The Kier molecular flexibility index (Phi) is 3.96. The molecule has 2 rings (SSSR count). The van der Waals surface area contributed by atoms with E-state index in [-0.39, 0.29) is 17.7 Å². The Labute approximate surface area is 110 Å². The molecule has 1 saturated heterocycles. The lowest BCUT2D eigenvalue weighted by molar-refractivity contribution is -0.134. The molecule has 0 unspecified atom stereocenters. The first kappa shape index (κ1) is 13.0. The van der Waals surface area contributed by atoms with Gasteiger partial charge in [-0.1, -0.05) is 0 Å². The van der Waals surface area contributed by atoms with Crippen molar-refractivity contribution in [2.75, 3.05) is 13.1 Å².